The summed E-state index contributed by atoms with van der Waals surface area (Å²) >= 11 is 7.68. The SMILES string of the molecule is CN(C)CCCN(C(=O)c1ccc(S(=O)(=O)N(C)C)cc1)c1nc2c(Cl)cccc2s1.Cl. The normalized spacial score (nSPS) is 11.7. The number of nitrogens with zero attached hydrogens (tertiary/aromatic N) is 4. The number of fused-ring (bicyclic) bond motifs is 1. The molecule has 2 aromatic carbocycles. The molecule has 0 bridgehead atoms. The summed E-state index contributed by atoms with van der Waals surface area (Å²) in [5.41, 5.74) is 1.06. The Morgan fingerprint density at radius 3 is 2.25 bits per heavy atom. The third-order valence-electron chi connectivity index (χ3n) is 4.70. The number of thiazole rings is 1. The third-order valence-corrected chi connectivity index (χ3v) is 7.88. The van der Waals surface area contributed by atoms with Crippen molar-refractivity contribution in [1.82, 2.24) is 14.2 Å². The number of anilines is 1. The highest BCUT2D eigenvalue weighted by Crippen LogP contribution is 2.33. The molecule has 0 aliphatic rings. The van der Waals surface area contributed by atoms with Crippen molar-refractivity contribution in [2.45, 2.75) is 11.3 Å². The molecule has 1 aromatic heterocycles. The standard InChI is InChI=1S/C21H25ClN4O3S2.ClH/c1-24(2)13-6-14-26(21-23-19-17(22)7-5-8-18(19)30-21)20(27)15-9-11-16(12-10-15)31(28,29)25(3)4;/h5,7-12H,6,13-14H2,1-4H3;1H. The maximum atomic E-state index is 13.4. The molecular weight excluding hydrogens is 491 g/mol. The third kappa shape index (κ3) is 5.78. The quantitative estimate of drug-likeness (QED) is 0.448. The summed E-state index contributed by atoms with van der Waals surface area (Å²) in [5, 5.41) is 1.11. The molecular formula is C21H26Cl2N4O3S2. The average Bonchev–Trinajstić information content (AvgIpc) is 3.16. The molecule has 0 radical (unpaired) electrons. The smallest absolute Gasteiger partial charge is 0.260 e. The monoisotopic (exact) mass is 516 g/mol. The van der Waals surface area contributed by atoms with E-state index in [1.807, 2.05) is 26.2 Å². The van der Waals surface area contributed by atoms with Crippen molar-refractivity contribution in [2.24, 2.45) is 0 Å². The summed E-state index contributed by atoms with van der Waals surface area (Å²) in [7, 11) is 3.34. The first-order valence-electron chi connectivity index (χ1n) is 9.65. The molecule has 1 amide bonds. The van der Waals surface area contributed by atoms with E-state index in [9.17, 15) is 13.2 Å². The summed E-state index contributed by atoms with van der Waals surface area (Å²) in [6, 6.07) is 11.5. The topological polar surface area (TPSA) is 73.8 Å². The molecule has 3 aromatic rings. The highest BCUT2D eigenvalue weighted by molar-refractivity contribution is 7.89. The van der Waals surface area contributed by atoms with E-state index in [0.29, 0.717) is 27.8 Å². The van der Waals surface area contributed by atoms with Crippen LogP contribution in [0.25, 0.3) is 10.2 Å². The van der Waals surface area contributed by atoms with Gasteiger partial charge in [-0.3, -0.25) is 9.69 Å². The fourth-order valence-electron chi connectivity index (χ4n) is 2.98. The van der Waals surface area contributed by atoms with Crippen LogP contribution in [0.4, 0.5) is 5.13 Å². The molecule has 3 rings (SSSR count). The highest BCUT2D eigenvalue weighted by Gasteiger charge is 2.23. The van der Waals surface area contributed by atoms with Crippen molar-refractivity contribution in [1.29, 1.82) is 0 Å². The first-order valence-corrected chi connectivity index (χ1v) is 12.3. The van der Waals surface area contributed by atoms with Gasteiger partial charge < -0.3 is 4.90 Å². The number of sulfonamides is 1. The molecule has 32 heavy (non-hydrogen) atoms. The maximum Gasteiger partial charge on any atom is 0.260 e. The summed E-state index contributed by atoms with van der Waals surface area (Å²) in [5.74, 6) is -0.234. The van der Waals surface area contributed by atoms with Gasteiger partial charge in [-0.1, -0.05) is 29.0 Å². The number of hydrogen-bond acceptors (Lipinski definition) is 6. The Morgan fingerprint density at radius 1 is 1.03 bits per heavy atom. The van der Waals surface area contributed by atoms with E-state index >= 15 is 0 Å². The molecule has 11 heteroatoms. The molecule has 0 saturated heterocycles. The van der Waals surface area contributed by atoms with Crippen LogP contribution in [0.5, 0.6) is 0 Å². The zero-order chi connectivity index (χ0) is 22.8. The van der Waals surface area contributed by atoms with Gasteiger partial charge in [0.1, 0.15) is 5.52 Å². The number of rotatable bonds is 8. The van der Waals surface area contributed by atoms with E-state index in [4.69, 9.17) is 11.6 Å². The second-order valence-electron chi connectivity index (χ2n) is 7.51. The van der Waals surface area contributed by atoms with Crippen LogP contribution in [0.2, 0.25) is 5.02 Å². The van der Waals surface area contributed by atoms with Crippen LogP contribution in [0.1, 0.15) is 16.8 Å². The number of halogens is 2. The minimum atomic E-state index is -3.56. The highest BCUT2D eigenvalue weighted by atomic mass is 35.5. The van der Waals surface area contributed by atoms with Crippen molar-refractivity contribution in [2.75, 3.05) is 46.2 Å². The number of carbonyl (C=O) groups excluding carboxylic acids is 1. The fourth-order valence-corrected chi connectivity index (χ4v) is 5.18. The van der Waals surface area contributed by atoms with Gasteiger partial charge in [-0.15, -0.1) is 12.4 Å². The second kappa shape index (κ2) is 10.9. The average molecular weight is 518 g/mol. The Morgan fingerprint density at radius 2 is 1.69 bits per heavy atom. The van der Waals surface area contributed by atoms with Gasteiger partial charge in [0.15, 0.2) is 5.13 Å². The number of benzene rings is 2. The molecule has 0 unspecified atom stereocenters. The van der Waals surface area contributed by atoms with Gasteiger partial charge >= 0.3 is 0 Å². The predicted octanol–water partition coefficient (Wildman–Crippen LogP) is 4.22. The summed E-state index contributed by atoms with van der Waals surface area (Å²) in [6.45, 7) is 1.29. The van der Waals surface area contributed by atoms with Crippen LogP contribution in [0, 0.1) is 0 Å². The first kappa shape index (κ1) is 26.5. The number of aromatic nitrogens is 1. The van der Waals surface area contributed by atoms with Gasteiger partial charge in [0.05, 0.1) is 14.6 Å². The van der Waals surface area contributed by atoms with Gasteiger partial charge in [0.25, 0.3) is 5.91 Å². The zero-order valence-corrected chi connectivity index (χ0v) is 21.5. The Kier molecular flexibility index (Phi) is 9.04. The van der Waals surface area contributed by atoms with Crippen LogP contribution < -0.4 is 4.90 Å². The maximum absolute atomic E-state index is 13.4. The molecule has 0 aliphatic carbocycles. The minimum absolute atomic E-state index is 0. The predicted molar refractivity (Wildman–Crippen MR) is 134 cm³/mol. The molecule has 0 spiro atoms. The van der Waals surface area contributed by atoms with Gasteiger partial charge in [-0.05, 0) is 63.5 Å². The van der Waals surface area contributed by atoms with Crippen LogP contribution in [0.15, 0.2) is 47.4 Å². The van der Waals surface area contributed by atoms with Crippen molar-refractivity contribution in [3.8, 4) is 0 Å². The summed E-state index contributed by atoms with van der Waals surface area (Å²) in [6.07, 6.45) is 0.759. The van der Waals surface area contributed by atoms with Gasteiger partial charge in [0.2, 0.25) is 10.0 Å². The largest absolute Gasteiger partial charge is 0.309 e. The molecule has 0 atom stereocenters. The Hall–Kier alpha value is -1.75. The van der Waals surface area contributed by atoms with Gasteiger partial charge in [-0.2, -0.15) is 0 Å². The Bertz CT molecular complexity index is 1180. The lowest BCUT2D eigenvalue weighted by atomic mass is 10.2. The van der Waals surface area contributed by atoms with Crippen LogP contribution in [-0.2, 0) is 10.0 Å². The molecule has 0 N–H and O–H groups in total. The number of carbonyl (C=O) groups is 1. The van der Waals surface area contributed by atoms with Gasteiger partial charge in [-0.25, -0.2) is 17.7 Å². The Balaban J connectivity index is 0.00000363. The molecule has 0 fully saturated rings. The van der Waals surface area contributed by atoms with E-state index in [1.54, 1.807) is 11.0 Å². The molecule has 7 nitrogen and oxygen atoms in total. The van der Waals surface area contributed by atoms with Crippen molar-refractivity contribution >= 4 is 66.6 Å². The zero-order valence-electron chi connectivity index (χ0n) is 18.3. The molecule has 0 saturated carbocycles. The summed E-state index contributed by atoms with van der Waals surface area (Å²) in [4.78, 5) is 21.8. The molecule has 174 valence electrons. The lowest BCUT2D eigenvalue weighted by Gasteiger charge is -2.21. The lowest BCUT2D eigenvalue weighted by Crippen LogP contribution is -2.33. The van der Waals surface area contributed by atoms with E-state index < -0.39 is 10.0 Å². The van der Waals surface area contributed by atoms with E-state index in [1.165, 1.54) is 49.7 Å². The second-order valence-corrected chi connectivity index (χ2v) is 11.1. The van der Waals surface area contributed by atoms with Crippen molar-refractivity contribution in [3.05, 3.63) is 53.1 Å². The van der Waals surface area contributed by atoms with E-state index in [-0.39, 0.29) is 23.2 Å². The van der Waals surface area contributed by atoms with Crippen LogP contribution in [-0.4, -0.2) is 69.8 Å². The Labute approximate surface area is 204 Å². The van der Waals surface area contributed by atoms with E-state index in [0.717, 1.165) is 22.0 Å². The van der Waals surface area contributed by atoms with Crippen LogP contribution >= 0.6 is 35.3 Å². The number of hydrogen-bond donors (Lipinski definition) is 0. The first-order chi connectivity index (χ1) is 14.6. The fraction of sp³-hybridized carbons (Fsp3) is 0.333. The number of amides is 1. The van der Waals surface area contributed by atoms with Crippen molar-refractivity contribution in [3.63, 3.8) is 0 Å². The molecule has 1 heterocycles. The summed E-state index contributed by atoms with van der Waals surface area (Å²) < 4.78 is 26.7. The number of para-hydroxylation sites is 1. The van der Waals surface area contributed by atoms with Crippen LogP contribution in [0.3, 0.4) is 0 Å². The molecule has 0 aliphatic heterocycles. The lowest BCUT2D eigenvalue weighted by molar-refractivity contribution is 0.0986. The van der Waals surface area contributed by atoms with Gasteiger partial charge in [0, 0.05) is 26.2 Å². The van der Waals surface area contributed by atoms with E-state index in [2.05, 4.69) is 9.88 Å². The minimum Gasteiger partial charge on any atom is -0.309 e. The van der Waals surface area contributed by atoms with Crippen molar-refractivity contribution < 1.29 is 13.2 Å².